The first kappa shape index (κ1) is 21.7. The summed E-state index contributed by atoms with van der Waals surface area (Å²) in [6.45, 7) is 7.22. The normalized spacial score (nSPS) is 18.1. The maximum absolute atomic E-state index is 12.6. The van der Waals surface area contributed by atoms with Gasteiger partial charge in [-0.25, -0.2) is 0 Å². The molecule has 0 aromatic heterocycles. The zero-order valence-corrected chi connectivity index (χ0v) is 17.1. The first-order chi connectivity index (χ1) is 13.0. The molecule has 1 aliphatic heterocycles. The summed E-state index contributed by atoms with van der Waals surface area (Å²) in [5.74, 6) is 0.840. The van der Waals surface area contributed by atoms with E-state index in [0.29, 0.717) is 19.8 Å². The van der Waals surface area contributed by atoms with Crippen LogP contribution >= 0.6 is 0 Å². The quantitative estimate of drug-likeness (QED) is 0.641. The number of carbonyl (C=O) groups is 1. The summed E-state index contributed by atoms with van der Waals surface area (Å²) in [6, 6.07) is 7.83. The van der Waals surface area contributed by atoms with Gasteiger partial charge >= 0.3 is 0 Å². The number of ether oxygens (including phenoxy) is 3. The molecule has 1 amide bonds. The molecule has 6 nitrogen and oxygen atoms in total. The summed E-state index contributed by atoms with van der Waals surface area (Å²) >= 11 is 0. The highest BCUT2D eigenvalue weighted by Crippen LogP contribution is 2.16. The first-order valence-electron chi connectivity index (χ1n) is 9.83. The summed E-state index contributed by atoms with van der Waals surface area (Å²) in [5.41, 5.74) is 1.01. The van der Waals surface area contributed by atoms with Crippen LogP contribution in [0.1, 0.15) is 32.3 Å². The van der Waals surface area contributed by atoms with Crippen LogP contribution in [0, 0.1) is 5.92 Å². The van der Waals surface area contributed by atoms with E-state index in [2.05, 4.69) is 10.2 Å². The fourth-order valence-corrected chi connectivity index (χ4v) is 2.94. The Hall–Kier alpha value is -1.63. The predicted octanol–water partition coefficient (Wildman–Crippen LogP) is 2.46. The Kier molecular flexibility index (Phi) is 9.04. The molecule has 1 heterocycles. The molecule has 0 aliphatic carbocycles. The minimum atomic E-state index is -0.464. The molecule has 0 bridgehead atoms. The fraction of sp³-hybridized carbons (Fsp3) is 0.667. The predicted molar refractivity (Wildman–Crippen MR) is 106 cm³/mol. The molecule has 0 unspecified atom stereocenters. The minimum absolute atomic E-state index is 0.0815. The lowest BCUT2D eigenvalue weighted by atomic mass is 10.1. The molecule has 1 aliphatic rings. The van der Waals surface area contributed by atoms with Crippen LogP contribution in [0.2, 0.25) is 0 Å². The SMILES string of the molecule is CC(C)[C@H](OC[C@@H]1CCCO1)C(=O)NCc1cccc(OCCN(C)C)c1. The number of nitrogens with one attached hydrogen (secondary N) is 1. The molecule has 0 radical (unpaired) electrons. The van der Waals surface area contributed by atoms with Gasteiger partial charge in [-0.05, 0) is 50.6 Å². The van der Waals surface area contributed by atoms with Crippen LogP contribution in [-0.4, -0.2) is 63.5 Å². The average molecular weight is 379 g/mol. The Morgan fingerprint density at radius 1 is 1.37 bits per heavy atom. The summed E-state index contributed by atoms with van der Waals surface area (Å²) in [6.07, 6.45) is 1.73. The minimum Gasteiger partial charge on any atom is -0.492 e. The highest BCUT2D eigenvalue weighted by Gasteiger charge is 2.25. The molecule has 1 saturated heterocycles. The Balaban J connectivity index is 1.81. The third kappa shape index (κ3) is 7.87. The van der Waals surface area contributed by atoms with Crippen molar-refractivity contribution in [1.29, 1.82) is 0 Å². The second-order valence-corrected chi connectivity index (χ2v) is 7.65. The molecule has 6 heteroatoms. The molecule has 0 saturated carbocycles. The lowest BCUT2D eigenvalue weighted by Gasteiger charge is -2.22. The molecule has 2 rings (SSSR count). The molecule has 0 spiro atoms. The zero-order chi connectivity index (χ0) is 19.6. The molecule has 2 atom stereocenters. The number of nitrogens with zero attached hydrogens (tertiary/aromatic N) is 1. The second kappa shape index (κ2) is 11.3. The summed E-state index contributed by atoms with van der Waals surface area (Å²) in [7, 11) is 4.03. The third-order valence-corrected chi connectivity index (χ3v) is 4.52. The van der Waals surface area contributed by atoms with Crippen molar-refractivity contribution in [2.75, 3.05) is 40.5 Å². The van der Waals surface area contributed by atoms with Crippen LogP contribution in [0.4, 0.5) is 0 Å². The zero-order valence-electron chi connectivity index (χ0n) is 17.1. The number of hydrogen-bond donors (Lipinski definition) is 1. The van der Waals surface area contributed by atoms with Gasteiger partial charge in [-0.1, -0.05) is 26.0 Å². The van der Waals surface area contributed by atoms with Crippen LogP contribution < -0.4 is 10.1 Å². The van der Waals surface area contributed by atoms with Crippen molar-refractivity contribution in [2.45, 2.75) is 45.4 Å². The van der Waals surface area contributed by atoms with E-state index >= 15 is 0 Å². The van der Waals surface area contributed by atoms with Gasteiger partial charge in [0.2, 0.25) is 5.91 Å². The summed E-state index contributed by atoms with van der Waals surface area (Å²) in [5, 5.41) is 2.99. The van der Waals surface area contributed by atoms with Gasteiger partial charge in [0.1, 0.15) is 18.5 Å². The van der Waals surface area contributed by atoms with Crippen molar-refractivity contribution in [1.82, 2.24) is 10.2 Å². The number of rotatable bonds is 11. The Bertz CT molecular complexity index is 571. The highest BCUT2D eigenvalue weighted by atomic mass is 16.5. The van der Waals surface area contributed by atoms with E-state index in [9.17, 15) is 4.79 Å². The van der Waals surface area contributed by atoms with E-state index < -0.39 is 6.10 Å². The first-order valence-corrected chi connectivity index (χ1v) is 9.83. The molecule has 27 heavy (non-hydrogen) atoms. The summed E-state index contributed by atoms with van der Waals surface area (Å²) in [4.78, 5) is 14.7. The van der Waals surface area contributed by atoms with Crippen LogP contribution in [-0.2, 0) is 20.8 Å². The lowest BCUT2D eigenvalue weighted by Crippen LogP contribution is -2.40. The van der Waals surface area contributed by atoms with Crippen molar-refractivity contribution in [3.05, 3.63) is 29.8 Å². The molecular formula is C21H34N2O4. The lowest BCUT2D eigenvalue weighted by molar-refractivity contribution is -0.138. The van der Waals surface area contributed by atoms with E-state index in [4.69, 9.17) is 14.2 Å². The monoisotopic (exact) mass is 378 g/mol. The second-order valence-electron chi connectivity index (χ2n) is 7.65. The molecule has 1 N–H and O–H groups in total. The van der Waals surface area contributed by atoms with Crippen molar-refractivity contribution in [2.24, 2.45) is 5.92 Å². The van der Waals surface area contributed by atoms with Gasteiger partial charge in [-0.3, -0.25) is 4.79 Å². The number of hydrogen-bond acceptors (Lipinski definition) is 5. The highest BCUT2D eigenvalue weighted by molar-refractivity contribution is 5.81. The van der Waals surface area contributed by atoms with E-state index in [1.54, 1.807) is 0 Å². The standard InChI is InChI=1S/C21H34N2O4/c1-16(2)20(27-15-19-9-6-11-25-19)21(24)22-14-17-7-5-8-18(13-17)26-12-10-23(3)4/h5,7-8,13,16,19-20H,6,9-12,14-15H2,1-4H3,(H,22,24)/t19-,20-/m0/s1. The Labute approximate surface area is 163 Å². The van der Waals surface area contributed by atoms with Gasteiger partial charge in [-0.2, -0.15) is 0 Å². The fourth-order valence-electron chi connectivity index (χ4n) is 2.94. The number of benzene rings is 1. The van der Waals surface area contributed by atoms with Crippen LogP contribution in [0.5, 0.6) is 5.75 Å². The van der Waals surface area contributed by atoms with Gasteiger partial charge < -0.3 is 24.4 Å². The van der Waals surface area contributed by atoms with E-state index in [0.717, 1.165) is 37.3 Å². The molecule has 1 aromatic rings. The topological polar surface area (TPSA) is 60.0 Å². The molecular weight excluding hydrogens is 344 g/mol. The van der Waals surface area contributed by atoms with Gasteiger partial charge in [0.05, 0.1) is 12.7 Å². The summed E-state index contributed by atoms with van der Waals surface area (Å²) < 4.78 is 17.2. The number of likely N-dealkylation sites (N-methyl/N-ethyl adjacent to an activating group) is 1. The molecule has 1 fully saturated rings. The smallest absolute Gasteiger partial charge is 0.249 e. The van der Waals surface area contributed by atoms with Crippen LogP contribution in [0.3, 0.4) is 0 Å². The van der Waals surface area contributed by atoms with Crippen molar-refractivity contribution < 1.29 is 19.0 Å². The Morgan fingerprint density at radius 2 is 2.19 bits per heavy atom. The maximum atomic E-state index is 12.6. The van der Waals surface area contributed by atoms with Gasteiger partial charge in [-0.15, -0.1) is 0 Å². The van der Waals surface area contributed by atoms with E-state index in [1.807, 2.05) is 52.2 Å². The third-order valence-electron chi connectivity index (χ3n) is 4.52. The van der Waals surface area contributed by atoms with Crippen LogP contribution in [0.25, 0.3) is 0 Å². The average Bonchev–Trinajstić information content (AvgIpc) is 3.13. The van der Waals surface area contributed by atoms with E-state index in [-0.39, 0.29) is 17.9 Å². The Morgan fingerprint density at radius 3 is 2.85 bits per heavy atom. The van der Waals surface area contributed by atoms with Crippen molar-refractivity contribution in [3.63, 3.8) is 0 Å². The van der Waals surface area contributed by atoms with Gasteiger partial charge in [0, 0.05) is 19.7 Å². The van der Waals surface area contributed by atoms with Crippen molar-refractivity contribution in [3.8, 4) is 5.75 Å². The molecule has 1 aromatic carbocycles. The van der Waals surface area contributed by atoms with E-state index in [1.165, 1.54) is 0 Å². The number of carbonyl (C=O) groups excluding carboxylic acids is 1. The van der Waals surface area contributed by atoms with Crippen LogP contribution in [0.15, 0.2) is 24.3 Å². The van der Waals surface area contributed by atoms with Crippen molar-refractivity contribution >= 4 is 5.91 Å². The largest absolute Gasteiger partial charge is 0.492 e. The molecule has 152 valence electrons. The van der Waals surface area contributed by atoms with Gasteiger partial charge in [0.15, 0.2) is 0 Å². The van der Waals surface area contributed by atoms with Gasteiger partial charge in [0.25, 0.3) is 0 Å². The maximum Gasteiger partial charge on any atom is 0.249 e. The number of amides is 1.